The van der Waals surface area contributed by atoms with Crippen LogP contribution < -0.4 is 11.1 Å². The van der Waals surface area contributed by atoms with Gasteiger partial charge in [-0.25, -0.2) is 14.6 Å². The summed E-state index contributed by atoms with van der Waals surface area (Å²) < 4.78 is 6.78. The van der Waals surface area contributed by atoms with E-state index in [9.17, 15) is 9.59 Å². The maximum atomic E-state index is 12.5. The van der Waals surface area contributed by atoms with E-state index >= 15 is 0 Å². The van der Waals surface area contributed by atoms with Crippen LogP contribution in [-0.4, -0.2) is 58.1 Å². The molecule has 0 atom stereocenters. The molecule has 0 spiro atoms. The van der Waals surface area contributed by atoms with Crippen LogP contribution >= 0.6 is 0 Å². The van der Waals surface area contributed by atoms with Crippen LogP contribution in [0.15, 0.2) is 51.8 Å². The van der Waals surface area contributed by atoms with Crippen molar-refractivity contribution in [3.05, 3.63) is 58.7 Å². The molecule has 1 fully saturated rings. The number of benzene rings is 1. The van der Waals surface area contributed by atoms with E-state index in [1.807, 2.05) is 36.1 Å². The molecule has 0 saturated carbocycles. The van der Waals surface area contributed by atoms with Crippen LogP contribution in [0.5, 0.6) is 0 Å². The average molecular weight is 381 g/mol. The number of amides is 2. The fraction of sp³-hybridized carbons (Fsp3) is 0.350. The van der Waals surface area contributed by atoms with Gasteiger partial charge in [0.15, 0.2) is 11.2 Å². The number of anilines is 1. The van der Waals surface area contributed by atoms with Gasteiger partial charge in [-0.15, -0.1) is 0 Å². The summed E-state index contributed by atoms with van der Waals surface area (Å²) in [6, 6.07) is 11.2. The minimum atomic E-state index is -0.384. The second kappa shape index (κ2) is 7.85. The van der Waals surface area contributed by atoms with Crippen molar-refractivity contribution < 1.29 is 9.21 Å². The van der Waals surface area contributed by atoms with E-state index in [2.05, 4.69) is 15.2 Å². The van der Waals surface area contributed by atoms with E-state index in [1.54, 1.807) is 22.9 Å². The molecule has 146 valence electrons. The first-order valence-corrected chi connectivity index (χ1v) is 9.39. The number of pyridine rings is 1. The molecule has 1 aromatic carbocycles. The van der Waals surface area contributed by atoms with E-state index in [-0.39, 0.29) is 11.8 Å². The van der Waals surface area contributed by atoms with E-state index in [4.69, 9.17) is 4.42 Å². The van der Waals surface area contributed by atoms with Gasteiger partial charge in [0.1, 0.15) is 0 Å². The number of carbonyl (C=O) groups excluding carboxylic acids is 1. The SMILES string of the molecule is Cc1cccc(NC(=O)N2CCN(CCn3c(=O)oc4cccnc43)CC2)c1. The van der Waals surface area contributed by atoms with Gasteiger partial charge in [0.2, 0.25) is 0 Å². The molecule has 1 aliphatic rings. The lowest BCUT2D eigenvalue weighted by Crippen LogP contribution is -2.50. The molecular weight excluding hydrogens is 358 g/mol. The number of oxazole rings is 1. The molecular formula is C20H23N5O3. The summed E-state index contributed by atoms with van der Waals surface area (Å²) in [5.41, 5.74) is 3.00. The highest BCUT2D eigenvalue weighted by Crippen LogP contribution is 2.12. The maximum Gasteiger partial charge on any atom is 0.421 e. The zero-order chi connectivity index (χ0) is 19.5. The van der Waals surface area contributed by atoms with Crippen LogP contribution in [0.1, 0.15) is 5.56 Å². The third-order valence-electron chi connectivity index (χ3n) is 4.99. The number of nitrogens with one attached hydrogen (secondary N) is 1. The standard InChI is InChI=1S/C20H23N5O3/c1-15-4-2-5-16(14-15)22-19(26)24-11-8-23(9-12-24)10-13-25-18-17(28-20(25)27)6-3-7-21-18/h2-7,14H,8-13H2,1H3,(H,22,26). The Labute approximate surface area is 162 Å². The van der Waals surface area contributed by atoms with E-state index < -0.39 is 0 Å². The third-order valence-corrected chi connectivity index (χ3v) is 4.99. The molecule has 0 bridgehead atoms. The van der Waals surface area contributed by atoms with Crippen LogP contribution in [0.3, 0.4) is 0 Å². The van der Waals surface area contributed by atoms with E-state index in [0.717, 1.165) is 24.3 Å². The van der Waals surface area contributed by atoms with Crippen molar-refractivity contribution in [1.82, 2.24) is 19.4 Å². The third kappa shape index (κ3) is 3.91. The highest BCUT2D eigenvalue weighted by Gasteiger charge is 2.21. The van der Waals surface area contributed by atoms with Crippen molar-refractivity contribution in [2.24, 2.45) is 0 Å². The zero-order valence-corrected chi connectivity index (χ0v) is 15.8. The number of piperazine rings is 1. The Bertz CT molecular complexity index is 1030. The van der Waals surface area contributed by atoms with Crippen LogP contribution in [-0.2, 0) is 6.54 Å². The number of hydrogen-bond donors (Lipinski definition) is 1. The molecule has 2 amide bonds. The quantitative estimate of drug-likeness (QED) is 0.749. The number of urea groups is 1. The van der Waals surface area contributed by atoms with Crippen molar-refractivity contribution >= 4 is 22.9 Å². The molecule has 28 heavy (non-hydrogen) atoms. The van der Waals surface area contributed by atoms with Gasteiger partial charge in [0.05, 0.1) is 0 Å². The van der Waals surface area contributed by atoms with Gasteiger partial charge in [-0.2, -0.15) is 0 Å². The Balaban J connectivity index is 1.30. The number of hydrogen-bond acceptors (Lipinski definition) is 5. The lowest BCUT2D eigenvalue weighted by atomic mass is 10.2. The highest BCUT2D eigenvalue weighted by atomic mass is 16.4. The van der Waals surface area contributed by atoms with Gasteiger partial charge in [-0.1, -0.05) is 12.1 Å². The minimum Gasteiger partial charge on any atom is -0.406 e. The lowest BCUT2D eigenvalue weighted by molar-refractivity contribution is 0.144. The van der Waals surface area contributed by atoms with Crippen LogP contribution in [0.4, 0.5) is 10.5 Å². The molecule has 2 aromatic heterocycles. The lowest BCUT2D eigenvalue weighted by Gasteiger charge is -2.34. The second-order valence-electron chi connectivity index (χ2n) is 6.97. The molecule has 1 saturated heterocycles. The predicted octanol–water partition coefficient (Wildman–Crippen LogP) is 2.15. The van der Waals surface area contributed by atoms with Crippen LogP contribution in [0, 0.1) is 6.92 Å². The summed E-state index contributed by atoms with van der Waals surface area (Å²) in [4.78, 5) is 32.8. The van der Waals surface area contributed by atoms with Gasteiger partial charge in [-0.05, 0) is 36.8 Å². The van der Waals surface area contributed by atoms with Gasteiger partial charge in [0.25, 0.3) is 0 Å². The Kier molecular flexibility index (Phi) is 5.12. The molecule has 0 aliphatic carbocycles. The first-order chi connectivity index (χ1) is 13.6. The summed E-state index contributed by atoms with van der Waals surface area (Å²) in [5, 5.41) is 2.95. The topological polar surface area (TPSA) is 83.6 Å². The Morgan fingerprint density at radius 1 is 1.14 bits per heavy atom. The van der Waals surface area contributed by atoms with Crippen molar-refractivity contribution in [2.75, 3.05) is 38.0 Å². The summed E-state index contributed by atoms with van der Waals surface area (Å²) in [7, 11) is 0. The molecule has 8 heteroatoms. The van der Waals surface area contributed by atoms with Crippen molar-refractivity contribution in [3.63, 3.8) is 0 Å². The Morgan fingerprint density at radius 2 is 1.96 bits per heavy atom. The van der Waals surface area contributed by atoms with Gasteiger partial charge < -0.3 is 14.6 Å². The van der Waals surface area contributed by atoms with E-state index in [1.165, 1.54) is 0 Å². The molecule has 1 aliphatic heterocycles. The fourth-order valence-electron chi connectivity index (χ4n) is 3.44. The number of nitrogens with zero attached hydrogens (tertiary/aromatic N) is 4. The molecule has 1 N–H and O–H groups in total. The van der Waals surface area contributed by atoms with E-state index in [0.29, 0.717) is 37.4 Å². The smallest absolute Gasteiger partial charge is 0.406 e. The summed E-state index contributed by atoms with van der Waals surface area (Å²) in [6.07, 6.45) is 1.65. The number of aromatic nitrogens is 2. The van der Waals surface area contributed by atoms with Gasteiger partial charge in [-0.3, -0.25) is 9.47 Å². The summed E-state index contributed by atoms with van der Waals surface area (Å²) in [6.45, 7) is 6.04. The van der Waals surface area contributed by atoms with Crippen LogP contribution in [0.25, 0.3) is 11.2 Å². The molecule has 0 unspecified atom stereocenters. The molecule has 4 rings (SSSR count). The number of aryl methyl sites for hydroxylation is 1. The number of carbonyl (C=O) groups is 1. The molecule has 3 heterocycles. The maximum absolute atomic E-state index is 12.5. The monoisotopic (exact) mass is 381 g/mol. The van der Waals surface area contributed by atoms with Crippen molar-refractivity contribution in [1.29, 1.82) is 0 Å². The minimum absolute atomic E-state index is 0.0773. The van der Waals surface area contributed by atoms with Gasteiger partial charge >= 0.3 is 11.8 Å². The second-order valence-corrected chi connectivity index (χ2v) is 6.97. The van der Waals surface area contributed by atoms with Gasteiger partial charge in [0, 0.05) is 51.2 Å². The normalized spacial score (nSPS) is 15.1. The first-order valence-electron chi connectivity index (χ1n) is 9.39. The summed E-state index contributed by atoms with van der Waals surface area (Å²) >= 11 is 0. The molecule has 3 aromatic rings. The predicted molar refractivity (Wildman–Crippen MR) is 106 cm³/mol. The fourth-order valence-corrected chi connectivity index (χ4v) is 3.44. The average Bonchev–Trinajstić information content (AvgIpc) is 3.02. The van der Waals surface area contributed by atoms with Crippen LogP contribution in [0.2, 0.25) is 0 Å². The zero-order valence-electron chi connectivity index (χ0n) is 15.8. The Hall–Kier alpha value is -3.13. The van der Waals surface area contributed by atoms with Crippen molar-refractivity contribution in [2.45, 2.75) is 13.5 Å². The largest absolute Gasteiger partial charge is 0.421 e. The first kappa shape index (κ1) is 18.2. The molecule has 0 radical (unpaired) electrons. The van der Waals surface area contributed by atoms with Crippen molar-refractivity contribution in [3.8, 4) is 0 Å². The number of rotatable bonds is 4. The Morgan fingerprint density at radius 3 is 2.75 bits per heavy atom. The highest BCUT2D eigenvalue weighted by molar-refractivity contribution is 5.89. The molecule has 8 nitrogen and oxygen atoms in total. The number of fused-ring (bicyclic) bond motifs is 1. The summed E-state index contributed by atoms with van der Waals surface area (Å²) in [5.74, 6) is -0.384.